The molecule has 0 saturated heterocycles. The lowest BCUT2D eigenvalue weighted by atomic mass is 10.2. The zero-order valence-electron chi connectivity index (χ0n) is 9.41. The highest BCUT2D eigenvalue weighted by Crippen LogP contribution is 2.28. The molecule has 1 unspecified atom stereocenters. The first-order chi connectivity index (χ1) is 8.70. The molecule has 18 heavy (non-hydrogen) atoms. The number of aromatic nitrogens is 2. The van der Waals surface area contributed by atoms with Crippen LogP contribution in [0.1, 0.15) is 0 Å². The summed E-state index contributed by atoms with van der Waals surface area (Å²) in [5, 5.41) is 5.31. The predicted molar refractivity (Wildman–Crippen MR) is 66.8 cm³/mol. The van der Waals surface area contributed by atoms with Gasteiger partial charge in [-0.15, -0.1) is 0 Å². The van der Waals surface area contributed by atoms with Crippen LogP contribution in [-0.4, -0.2) is 27.0 Å². The molecule has 1 atom stereocenters. The topological polar surface area (TPSA) is 73.2 Å². The second kappa shape index (κ2) is 3.95. The molecule has 0 spiro atoms. The van der Waals surface area contributed by atoms with Crippen LogP contribution in [-0.2, 0) is 15.8 Å². The van der Waals surface area contributed by atoms with Crippen molar-refractivity contribution in [1.29, 1.82) is 0 Å². The quantitative estimate of drug-likeness (QED) is 0.862. The van der Waals surface area contributed by atoms with Crippen LogP contribution in [0.3, 0.4) is 0 Å². The summed E-state index contributed by atoms with van der Waals surface area (Å²) in [5.41, 5.74) is 0.691. The van der Waals surface area contributed by atoms with E-state index in [1.165, 1.54) is 10.8 Å². The van der Waals surface area contributed by atoms with Crippen molar-refractivity contribution in [2.24, 2.45) is 0 Å². The Morgan fingerprint density at radius 2 is 2.28 bits per heavy atom. The summed E-state index contributed by atoms with van der Waals surface area (Å²) in [6.45, 7) is 0. The highest BCUT2D eigenvalue weighted by molar-refractivity contribution is 7.93. The molecule has 2 aromatic rings. The molecule has 0 aliphatic carbocycles. The van der Waals surface area contributed by atoms with Crippen LogP contribution in [0, 0.1) is 0 Å². The number of carbonyl (C=O) groups is 1. The van der Waals surface area contributed by atoms with Crippen molar-refractivity contribution >= 4 is 32.8 Å². The number of amides is 1. The molecule has 7 heteroatoms. The fraction of sp³-hybridized carbons (Fsp3) is 0.0909. The van der Waals surface area contributed by atoms with E-state index >= 15 is 0 Å². The summed E-state index contributed by atoms with van der Waals surface area (Å²) in [6, 6.07) is 5.50. The molecule has 0 radical (unpaired) electrons. The molecule has 0 bridgehead atoms. The molecular formula is C11H9N3O3S. The van der Waals surface area contributed by atoms with Crippen molar-refractivity contribution in [2.75, 3.05) is 7.11 Å². The molecule has 6 nitrogen and oxygen atoms in total. The molecule has 1 N–H and O–H groups in total. The minimum Gasteiger partial charge on any atom is -0.494 e. The average Bonchev–Trinajstić information content (AvgIpc) is 2.92. The van der Waals surface area contributed by atoms with E-state index in [1.54, 1.807) is 19.4 Å². The Bertz CT molecular complexity index is 705. The Labute approximate surface area is 105 Å². The van der Waals surface area contributed by atoms with Gasteiger partial charge in [-0.3, -0.25) is 9.52 Å². The first-order valence-corrected chi connectivity index (χ1v) is 6.31. The van der Waals surface area contributed by atoms with Crippen molar-refractivity contribution in [2.45, 2.75) is 0 Å². The number of hydrogen-bond acceptors (Lipinski definition) is 4. The van der Waals surface area contributed by atoms with Crippen LogP contribution in [0.5, 0.6) is 5.75 Å². The van der Waals surface area contributed by atoms with Gasteiger partial charge in [0.25, 0.3) is 5.91 Å². The number of nitrogens with one attached hydrogen (secondary N) is 1. The summed E-state index contributed by atoms with van der Waals surface area (Å²) < 4.78 is 20.7. The lowest BCUT2D eigenvalue weighted by Gasteiger charge is -2.06. The van der Waals surface area contributed by atoms with Gasteiger partial charge in [0.15, 0.2) is 16.0 Å². The number of carbonyl (C=O) groups excluding carboxylic acids is 1. The van der Waals surface area contributed by atoms with Crippen LogP contribution in [0.2, 0.25) is 0 Å². The van der Waals surface area contributed by atoms with E-state index in [1.807, 2.05) is 12.1 Å². The number of rotatable bonds is 2. The zero-order valence-corrected chi connectivity index (χ0v) is 10.2. The zero-order chi connectivity index (χ0) is 12.7. The van der Waals surface area contributed by atoms with Gasteiger partial charge in [-0.2, -0.15) is 5.10 Å². The molecular weight excluding hydrogens is 254 g/mol. The minimum absolute atomic E-state index is 0.305. The molecule has 1 aliphatic heterocycles. The van der Waals surface area contributed by atoms with E-state index in [2.05, 4.69) is 9.82 Å². The van der Waals surface area contributed by atoms with E-state index in [0.29, 0.717) is 16.3 Å². The Morgan fingerprint density at radius 3 is 2.94 bits per heavy atom. The molecule has 92 valence electrons. The van der Waals surface area contributed by atoms with E-state index in [-0.39, 0.29) is 5.91 Å². The molecule has 0 fully saturated rings. The number of hydrogen-bond donors (Lipinski definition) is 1. The number of methoxy groups -OCH3 is 1. The average molecular weight is 263 g/mol. The van der Waals surface area contributed by atoms with Gasteiger partial charge in [0, 0.05) is 11.5 Å². The van der Waals surface area contributed by atoms with Crippen molar-refractivity contribution in [1.82, 2.24) is 14.5 Å². The molecule has 1 aliphatic rings. The smallest absolute Gasteiger partial charge is 0.258 e. The summed E-state index contributed by atoms with van der Waals surface area (Å²) in [4.78, 5) is 11.2. The third-order valence-corrected chi connectivity index (χ3v) is 3.68. The highest BCUT2D eigenvalue weighted by atomic mass is 32.2. The second-order valence-corrected chi connectivity index (χ2v) is 4.83. The molecule has 1 amide bonds. The SMILES string of the molecule is COc1cccc2cnn(C3=CC(=O)NS3=O)c12. The number of nitrogens with zero attached hydrogens (tertiary/aromatic N) is 2. The number of para-hydroxylation sites is 1. The van der Waals surface area contributed by atoms with Crippen molar-refractivity contribution in [3.63, 3.8) is 0 Å². The number of ether oxygens (including phenoxy) is 1. The van der Waals surface area contributed by atoms with Crippen LogP contribution in [0.4, 0.5) is 0 Å². The van der Waals surface area contributed by atoms with Crippen molar-refractivity contribution in [3.05, 3.63) is 30.5 Å². The summed E-state index contributed by atoms with van der Waals surface area (Å²) in [7, 11) is -0.0288. The van der Waals surface area contributed by atoms with Crippen molar-refractivity contribution < 1.29 is 13.7 Å². The maximum Gasteiger partial charge on any atom is 0.258 e. The van der Waals surface area contributed by atoms with Crippen LogP contribution in [0.25, 0.3) is 15.9 Å². The van der Waals surface area contributed by atoms with Crippen LogP contribution < -0.4 is 9.46 Å². The molecule has 2 heterocycles. The van der Waals surface area contributed by atoms with Crippen molar-refractivity contribution in [3.8, 4) is 5.75 Å². The van der Waals surface area contributed by atoms with Crippen LogP contribution >= 0.6 is 0 Å². The minimum atomic E-state index is -1.58. The molecule has 1 aromatic heterocycles. The summed E-state index contributed by atoms with van der Waals surface area (Å²) in [6.07, 6.45) is 2.91. The van der Waals surface area contributed by atoms with Gasteiger partial charge < -0.3 is 4.74 Å². The van der Waals surface area contributed by atoms with E-state index in [0.717, 1.165) is 5.39 Å². The van der Waals surface area contributed by atoms with Gasteiger partial charge in [-0.1, -0.05) is 12.1 Å². The Hall–Kier alpha value is -2.15. The van der Waals surface area contributed by atoms with E-state index in [4.69, 9.17) is 4.74 Å². The molecule has 0 saturated carbocycles. The normalized spacial score (nSPS) is 18.8. The largest absolute Gasteiger partial charge is 0.494 e. The van der Waals surface area contributed by atoms with Gasteiger partial charge in [-0.25, -0.2) is 8.89 Å². The Kier molecular flexibility index (Phi) is 2.41. The first kappa shape index (κ1) is 11.0. The summed E-state index contributed by atoms with van der Waals surface area (Å²) >= 11 is 0. The van der Waals surface area contributed by atoms with Gasteiger partial charge >= 0.3 is 0 Å². The molecule has 1 aromatic carbocycles. The Morgan fingerprint density at radius 1 is 1.44 bits per heavy atom. The lowest BCUT2D eigenvalue weighted by Crippen LogP contribution is -2.17. The van der Waals surface area contributed by atoms with Crippen LogP contribution in [0.15, 0.2) is 30.5 Å². The van der Waals surface area contributed by atoms with E-state index < -0.39 is 11.0 Å². The van der Waals surface area contributed by atoms with E-state index in [9.17, 15) is 9.00 Å². The maximum atomic E-state index is 11.7. The fourth-order valence-corrected chi connectivity index (χ4v) is 2.71. The number of fused-ring (bicyclic) bond motifs is 1. The second-order valence-electron chi connectivity index (χ2n) is 3.67. The van der Waals surface area contributed by atoms with Gasteiger partial charge in [-0.05, 0) is 6.07 Å². The fourth-order valence-electron chi connectivity index (χ4n) is 1.86. The monoisotopic (exact) mass is 263 g/mol. The molecule has 3 rings (SSSR count). The predicted octanol–water partition coefficient (Wildman–Crippen LogP) is 0.637. The standard InChI is InChI=1S/C11H9N3O3S/c1-17-8-4-2-3-7-6-12-14(11(7)8)10-5-9(15)13-18(10)16/h2-6H,1H3,(H,13,15). The Balaban J connectivity index is 2.27. The third-order valence-electron chi connectivity index (χ3n) is 2.62. The maximum absolute atomic E-state index is 11.7. The van der Waals surface area contributed by atoms with Gasteiger partial charge in [0.05, 0.1) is 13.3 Å². The van der Waals surface area contributed by atoms with Gasteiger partial charge in [0.1, 0.15) is 11.3 Å². The third kappa shape index (κ3) is 1.52. The first-order valence-electron chi connectivity index (χ1n) is 5.16. The lowest BCUT2D eigenvalue weighted by molar-refractivity contribution is -0.114. The summed E-state index contributed by atoms with van der Waals surface area (Å²) in [5.74, 6) is 0.226. The number of benzene rings is 1. The van der Waals surface area contributed by atoms with Gasteiger partial charge in [0.2, 0.25) is 0 Å². The highest BCUT2D eigenvalue weighted by Gasteiger charge is 2.24.